The summed E-state index contributed by atoms with van der Waals surface area (Å²) in [5.41, 5.74) is 2.41. The Kier molecular flexibility index (Phi) is 5.69. The summed E-state index contributed by atoms with van der Waals surface area (Å²) >= 11 is 3.43. The van der Waals surface area contributed by atoms with Gasteiger partial charge in [0.05, 0.1) is 6.42 Å². The maximum atomic E-state index is 12.5. The van der Waals surface area contributed by atoms with Crippen LogP contribution in [0.3, 0.4) is 0 Å². The molecule has 1 amide bonds. The minimum absolute atomic E-state index is 0.226. The Morgan fingerprint density at radius 1 is 1.00 bits per heavy atom. The first-order valence-corrected chi connectivity index (χ1v) is 9.24. The average Bonchev–Trinajstić information content (AvgIpc) is 2.64. The molecule has 2 aromatic carbocycles. The van der Waals surface area contributed by atoms with Crippen LogP contribution in [0.15, 0.2) is 59.1 Å². The van der Waals surface area contributed by atoms with E-state index in [1.807, 2.05) is 29.2 Å². The van der Waals surface area contributed by atoms with Crippen LogP contribution in [0.4, 0.5) is 0 Å². The Labute approximate surface area is 152 Å². The SMILES string of the molecule is CC(c1ccccc1)N1CCN(C(=O)Cc2ccc(Br)cc2)CC1. The first kappa shape index (κ1) is 17.2. The number of hydrogen-bond donors (Lipinski definition) is 0. The van der Waals surface area contributed by atoms with Gasteiger partial charge >= 0.3 is 0 Å². The number of benzene rings is 2. The van der Waals surface area contributed by atoms with Gasteiger partial charge < -0.3 is 4.90 Å². The molecule has 0 N–H and O–H groups in total. The predicted octanol–water partition coefficient (Wildman–Crippen LogP) is 3.90. The van der Waals surface area contributed by atoms with Gasteiger partial charge in [-0.1, -0.05) is 58.4 Å². The zero-order valence-corrected chi connectivity index (χ0v) is 15.6. The third kappa shape index (κ3) is 4.25. The van der Waals surface area contributed by atoms with Crippen LogP contribution in [0.5, 0.6) is 0 Å². The van der Waals surface area contributed by atoms with Crippen molar-refractivity contribution in [3.63, 3.8) is 0 Å². The number of nitrogens with zero attached hydrogens (tertiary/aromatic N) is 2. The third-order valence-electron chi connectivity index (χ3n) is 4.77. The first-order chi connectivity index (χ1) is 11.6. The van der Waals surface area contributed by atoms with E-state index in [0.29, 0.717) is 12.5 Å². The molecule has 1 unspecified atom stereocenters. The van der Waals surface area contributed by atoms with E-state index in [1.54, 1.807) is 0 Å². The van der Waals surface area contributed by atoms with Crippen LogP contribution >= 0.6 is 15.9 Å². The van der Waals surface area contributed by atoms with Crippen molar-refractivity contribution in [2.75, 3.05) is 26.2 Å². The Bertz CT molecular complexity index is 664. The highest BCUT2D eigenvalue weighted by Gasteiger charge is 2.24. The molecule has 0 radical (unpaired) electrons. The largest absolute Gasteiger partial charge is 0.340 e. The molecule has 1 saturated heterocycles. The molecule has 0 aromatic heterocycles. The molecule has 1 aliphatic rings. The number of hydrogen-bond acceptors (Lipinski definition) is 2. The predicted molar refractivity (Wildman–Crippen MR) is 101 cm³/mol. The fourth-order valence-electron chi connectivity index (χ4n) is 3.19. The smallest absolute Gasteiger partial charge is 0.227 e. The molecule has 4 heteroatoms. The summed E-state index contributed by atoms with van der Waals surface area (Å²) in [7, 11) is 0. The number of rotatable bonds is 4. The van der Waals surface area contributed by atoms with Gasteiger partial charge in [0.15, 0.2) is 0 Å². The molecule has 1 heterocycles. The minimum Gasteiger partial charge on any atom is -0.340 e. The molecule has 1 fully saturated rings. The molecule has 24 heavy (non-hydrogen) atoms. The molecular weight excluding hydrogens is 364 g/mol. The molecule has 3 rings (SSSR count). The van der Waals surface area contributed by atoms with Crippen LogP contribution in [0.25, 0.3) is 0 Å². The van der Waals surface area contributed by atoms with Gasteiger partial charge in [-0.25, -0.2) is 0 Å². The first-order valence-electron chi connectivity index (χ1n) is 8.45. The normalized spacial score (nSPS) is 16.8. The van der Waals surface area contributed by atoms with Crippen molar-refractivity contribution in [2.45, 2.75) is 19.4 Å². The molecule has 0 saturated carbocycles. The fraction of sp³-hybridized carbons (Fsp3) is 0.350. The lowest BCUT2D eigenvalue weighted by atomic mass is 10.1. The highest BCUT2D eigenvalue weighted by atomic mass is 79.9. The van der Waals surface area contributed by atoms with Gasteiger partial charge in [-0.05, 0) is 30.2 Å². The van der Waals surface area contributed by atoms with Crippen molar-refractivity contribution in [1.29, 1.82) is 0 Å². The zero-order chi connectivity index (χ0) is 16.9. The monoisotopic (exact) mass is 386 g/mol. The molecule has 2 aromatic rings. The van der Waals surface area contributed by atoms with E-state index >= 15 is 0 Å². The molecule has 0 spiro atoms. The maximum Gasteiger partial charge on any atom is 0.227 e. The average molecular weight is 387 g/mol. The van der Waals surface area contributed by atoms with Crippen LogP contribution in [0.2, 0.25) is 0 Å². The van der Waals surface area contributed by atoms with Crippen LogP contribution in [-0.2, 0) is 11.2 Å². The summed E-state index contributed by atoms with van der Waals surface area (Å²) in [4.78, 5) is 16.9. The topological polar surface area (TPSA) is 23.6 Å². The molecule has 0 bridgehead atoms. The molecule has 0 aliphatic carbocycles. The molecular formula is C20H23BrN2O. The van der Waals surface area contributed by atoms with Crippen molar-refractivity contribution in [3.8, 4) is 0 Å². The van der Waals surface area contributed by atoms with Crippen molar-refractivity contribution in [3.05, 3.63) is 70.2 Å². The molecule has 1 aliphatic heterocycles. The maximum absolute atomic E-state index is 12.5. The summed E-state index contributed by atoms with van der Waals surface area (Å²) in [6.07, 6.45) is 0.488. The Balaban J connectivity index is 1.53. The Hall–Kier alpha value is -1.65. The third-order valence-corrected chi connectivity index (χ3v) is 5.29. The van der Waals surface area contributed by atoms with E-state index in [4.69, 9.17) is 0 Å². The van der Waals surface area contributed by atoms with Crippen molar-refractivity contribution >= 4 is 21.8 Å². The van der Waals surface area contributed by atoms with Gasteiger partial charge in [0.1, 0.15) is 0 Å². The summed E-state index contributed by atoms with van der Waals surface area (Å²) in [5.74, 6) is 0.226. The van der Waals surface area contributed by atoms with Gasteiger partial charge in [0.2, 0.25) is 5.91 Å². The summed E-state index contributed by atoms with van der Waals surface area (Å²) in [6, 6.07) is 19.0. The molecule has 1 atom stereocenters. The highest BCUT2D eigenvalue weighted by molar-refractivity contribution is 9.10. The van der Waals surface area contributed by atoms with E-state index in [9.17, 15) is 4.79 Å². The Morgan fingerprint density at radius 2 is 1.62 bits per heavy atom. The summed E-state index contributed by atoms with van der Waals surface area (Å²) < 4.78 is 1.04. The van der Waals surface area contributed by atoms with Crippen LogP contribution < -0.4 is 0 Å². The standard InChI is InChI=1S/C20H23BrN2O/c1-16(18-5-3-2-4-6-18)22-11-13-23(14-12-22)20(24)15-17-7-9-19(21)10-8-17/h2-10,16H,11-15H2,1H3. The lowest BCUT2D eigenvalue weighted by Crippen LogP contribution is -2.49. The fourth-order valence-corrected chi connectivity index (χ4v) is 3.45. The van der Waals surface area contributed by atoms with E-state index in [2.05, 4.69) is 58.1 Å². The lowest BCUT2D eigenvalue weighted by molar-refractivity contribution is -0.132. The molecule has 126 valence electrons. The number of carbonyl (C=O) groups excluding carboxylic acids is 1. The van der Waals surface area contributed by atoms with E-state index in [1.165, 1.54) is 5.56 Å². The van der Waals surface area contributed by atoms with Crippen LogP contribution in [0, 0.1) is 0 Å². The van der Waals surface area contributed by atoms with E-state index in [-0.39, 0.29) is 5.91 Å². The highest BCUT2D eigenvalue weighted by Crippen LogP contribution is 2.21. The lowest BCUT2D eigenvalue weighted by Gasteiger charge is -2.38. The van der Waals surface area contributed by atoms with Crippen LogP contribution in [0.1, 0.15) is 24.1 Å². The summed E-state index contributed by atoms with van der Waals surface area (Å²) in [6.45, 7) is 5.73. The number of halogens is 1. The number of piperazine rings is 1. The second-order valence-corrected chi connectivity index (χ2v) is 7.22. The van der Waals surface area contributed by atoms with Gasteiger partial charge in [0.25, 0.3) is 0 Å². The second-order valence-electron chi connectivity index (χ2n) is 6.31. The van der Waals surface area contributed by atoms with Crippen LogP contribution in [-0.4, -0.2) is 41.9 Å². The Morgan fingerprint density at radius 3 is 2.25 bits per heavy atom. The van der Waals surface area contributed by atoms with Gasteiger partial charge in [-0.15, -0.1) is 0 Å². The van der Waals surface area contributed by atoms with Crippen molar-refractivity contribution < 1.29 is 4.79 Å². The van der Waals surface area contributed by atoms with Gasteiger partial charge in [0, 0.05) is 36.7 Å². The number of amides is 1. The summed E-state index contributed by atoms with van der Waals surface area (Å²) in [5, 5.41) is 0. The van der Waals surface area contributed by atoms with Crippen molar-refractivity contribution in [1.82, 2.24) is 9.80 Å². The second kappa shape index (κ2) is 7.95. The van der Waals surface area contributed by atoms with Gasteiger partial charge in [-0.3, -0.25) is 9.69 Å². The van der Waals surface area contributed by atoms with E-state index in [0.717, 1.165) is 36.2 Å². The molecule has 3 nitrogen and oxygen atoms in total. The van der Waals surface area contributed by atoms with Gasteiger partial charge in [-0.2, -0.15) is 0 Å². The minimum atomic E-state index is 0.226. The zero-order valence-electron chi connectivity index (χ0n) is 14.0. The quantitative estimate of drug-likeness (QED) is 0.795. The number of carbonyl (C=O) groups is 1. The van der Waals surface area contributed by atoms with Crippen molar-refractivity contribution in [2.24, 2.45) is 0 Å². The van der Waals surface area contributed by atoms with E-state index < -0.39 is 0 Å².